The number of nitrogens with two attached hydrogens (primary N) is 1. The quantitative estimate of drug-likeness (QED) is 0.919. The summed E-state index contributed by atoms with van der Waals surface area (Å²) >= 11 is 3.86. The third-order valence-electron chi connectivity index (χ3n) is 4.05. The average molecular weight is 284 g/mol. The van der Waals surface area contributed by atoms with E-state index in [1.54, 1.807) is 11.3 Å². The van der Waals surface area contributed by atoms with E-state index >= 15 is 0 Å². The molecule has 0 amide bonds. The molecule has 2 nitrogen and oxygen atoms in total. The third-order valence-corrected chi connectivity index (χ3v) is 6.09. The van der Waals surface area contributed by atoms with Crippen molar-refractivity contribution in [3.8, 4) is 0 Å². The molecule has 2 N–H and O–H groups in total. The van der Waals surface area contributed by atoms with E-state index in [0.717, 1.165) is 13.0 Å². The number of rotatable bonds is 4. The summed E-state index contributed by atoms with van der Waals surface area (Å²) in [4.78, 5) is 2.62. The summed E-state index contributed by atoms with van der Waals surface area (Å²) in [6.45, 7) is 8.03. The second-order valence-corrected chi connectivity index (χ2v) is 7.39. The maximum absolute atomic E-state index is 6.40. The normalized spacial score (nSPS) is 29.1. The molecule has 102 valence electrons. The van der Waals surface area contributed by atoms with Crippen LogP contribution in [0.3, 0.4) is 0 Å². The summed E-state index contributed by atoms with van der Waals surface area (Å²) < 4.78 is 0. The third kappa shape index (κ3) is 2.93. The van der Waals surface area contributed by atoms with E-state index in [-0.39, 0.29) is 6.04 Å². The van der Waals surface area contributed by atoms with Crippen molar-refractivity contribution in [2.45, 2.75) is 50.6 Å². The Morgan fingerprint density at radius 3 is 2.89 bits per heavy atom. The van der Waals surface area contributed by atoms with Gasteiger partial charge in [-0.1, -0.05) is 13.8 Å². The van der Waals surface area contributed by atoms with Gasteiger partial charge < -0.3 is 5.73 Å². The molecule has 1 fully saturated rings. The van der Waals surface area contributed by atoms with Crippen LogP contribution in [0.1, 0.15) is 38.8 Å². The van der Waals surface area contributed by atoms with Gasteiger partial charge >= 0.3 is 0 Å². The summed E-state index contributed by atoms with van der Waals surface area (Å²) in [6, 6.07) is 3.47. The SMILES string of the molecule is CCC(N)C(c1ccsc1)N1CCSC(C)C1C. The Labute approximate surface area is 119 Å². The highest BCUT2D eigenvalue weighted by atomic mass is 32.2. The van der Waals surface area contributed by atoms with E-state index in [2.05, 4.69) is 54.3 Å². The first-order valence-corrected chi connectivity index (χ1v) is 8.79. The van der Waals surface area contributed by atoms with Gasteiger partial charge in [0.2, 0.25) is 0 Å². The van der Waals surface area contributed by atoms with Gasteiger partial charge in [-0.3, -0.25) is 4.90 Å². The number of thioether (sulfide) groups is 1. The van der Waals surface area contributed by atoms with Gasteiger partial charge in [0, 0.05) is 29.6 Å². The second kappa shape index (κ2) is 6.42. The smallest absolute Gasteiger partial charge is 0.0510 e. The fourth-order valence-electron chi connectivity index (χ4n) is 2.70. The summed E-state index contributed by atoms with van der Waals surface area (Å²) in [6.07, 6.45) is 1.03. The van der Waals surface area contributed by atoms with Crippen molar-refractivity contribution in [3.63, 3.8) is 0 Å². The Morgan fingerprint density at radius 1 is 1.50 bits per heavy atom. The van der Waals surface area contributed by atoms with E-state index in [0.29, 0.717) is 17.3 Å². The van der Waals surface area contributed by atoms with Crippen molar-refractivity contribution < 1.29 is 0 Å². The summed E-state index contributed by atoms with van der Waals surface area (Å²) in [7, 11) is 0. The van der Waals surface area contributed by atoms with Gasteiger partial charge in [0.15, 0.2) is 0 Å². The first kappa shape index (κ1) is 14.4. The molecule has 0 spiro atoms. The van der Waals surface area contributed by atoms with Crippen LogP contribution < -0.4 is 5.73 Å². The number of nitrogens with zero attached hydrogens (tertiary/aromatic N) is 1. The zero-order valence-electron chi connectivity index (χ0n) is 11.5. The molecule has 0 radical (unpaired) electrons. The molecule has 1 aromatic rings. The van der Waals surface area contributed by atoms with E-state index in [1.807, 2.05) is 0 Å². The van der Waals surface area contributed by atoms with Gasteiger partial charge in [-0.15, -0.1) is 0 Å². The summed E-state index contributed by atoms with van der Waals surface area (Å²) in [5, 5.41) is 5.13. The monoisotopic (exact) mass is 284 g/mol. The first-order chi connectivity index (χ1) is 8.65. The fraction of sp³-hybridized carbons (Fsp3) is 0.714. The second-order valence-electron chi connectivity index (χ2n) is 5.13. The Kier molecular flexibility index (Phi) is 5.13. The molecule has 4 unspecified atom stereocenters. The van der Waals surface area contributed by atoms with Gasteiger partial charge in [0.25, 0.3) is 0 Å². The molecule has 0 bridgehead atoms. The molecular formula is C14H24N2S2. The zero-order valence-corrected chi connectivity index (χ0v) is 13.1. The standard InChI is InChI=1S/C14H24N2S2/c1-4-13(15)14(12-5-7-17-9-12)16-6-8-18-11(3)10(16)2/h5,7,9-11,13-14H,4,6,8,15H2,1-3H3. The molecule has 4 atom stereocenters. The van der Waals surface area contributed by atoms with Crippen molar-refractivity contribution in [1.82, 2.24) is 4.90 Å². The van der Waals surface area contributed by atoms with Gasteiger partial charge in [0.05, 0.1) is 6.04 Å². The zero-order chi connectivity index (χ0) is 13.1. The molecule has 1 aliphatic rings. The van der Waals surface area contributed by atoms with Crippen LogP contribution in [-0.4, -0.2) is 34.5 Å². The molecule has 0 aromatic carbocycles. The van der Waals surface area contributed by atoms with E-state index in [1.165, 1.54) is 11.3 Å². The van der Waals surface area contributed by atoms with Crippen molar-refractivity contribution >= 4 is 23.1 Å². The number of hydrogen-bond acceptors (Lipinski definition) is 4. The molecule has 2 rings (SSSR count). The lowest BCUT2D eigenvalue weighted by molar-refractivity contribution is 0.125. The first-order valence-electron chi connectivity index (χ1n) is 6.80. The van der Waals surface area contributed by atoms with Crippen LogP contribution in [0.15, 0.2) is 16.8 Å². The van der Waals surface area contributed by atoms with E-state index < -0.39 is 0 Å². The Morgan fingerprint density at radius 2 is 2.28 bits per heavy atom. The molecule has 4 heteroatoms. The molecular weight excluding hydrogens is 260 g/mol. The van der Waals surface area contributed by atoms with Crippen LogP contribution in [0.2, 0.25) is 0 Å². The van der Waals surface area contributed by atoms with Crippen LogP contribution in [0.4, 0.5) is 0 Å². The molecule has 2 heterocycles. The van der Waals surface area contributed by atoms with Gasteiger partial charge in [-0.25, -0.2) is 0 Å². The van der Waals surface area contributed by atoms with Crippen LogP contribution in [0.25, 0.3) is 0 Å². The van der Waals surface area contributed by atoms with Crippen LogP contribution >= 0.6 is 23.1 Å². The summed E-state index contributed by atoms with van der Waals surface area (Å²) in [5.74, 6) is 1.22. The van der Waals surface area contributed by atoms with Crippen molar-refractivity contribution in [1.29, 1.82) is 0 Å². The Hall–Kier alpha value is -0.0300. The lowest BCUT2D eigenvalue weighted by atomic mass is 9.96. The Balaban J connectivity index is 2.23. The van der Waals surface area contributed by atoms with Crippen LogP contribution in [-0.2, 0) is 0 Å². The fourth-order valence-corrected chi connectivity index (χ4v) is 4.51. The number of thiophene rings is 1. The highest BCUT2D eigenvalue weighted by molar-refractivity contribution is 8.00. The minimum absolute atomic E-state index is 0.234. The average Bonchev–Trinajstić information content (AvgIpc) is 2.88. The lowest BCUT2D eigenvalue weighted by Crippen LogP contribution is -2.51. The maximum atomic E-state index is 6.40. The maximum Gasteiger partial charge on any atom is 0.0510 e. The van der Waals surface area contributed by atoms with Gasteiger partial charge in [-0.2, -0.15) is 23.1 Å². The molecule has 0 saturated carbocycles. The van der Waals surface area contributed by atoms with Crippen molar-refractivity contribution in [2.75, 3.05) is 12.3 Å². The van der Waals surface area contributed by atoms with Crippen molar-refractivity contribution in [3.05, 3.63) is 22.4 Å². The van der Waals surface area contributed by atoms with Crippen LogP contribution in [0.5, 0.6) is 0 Å². The predicted molar refractivity (Wildman–Crippen MR) is 83.4 cm³/mol. The largest absolute Gasteiger partial charge is 0.326 e. The number of hydrogen-bond donors (Lipinski definition) is 1. The highest BCUT2D eigenvalue weighted by Gasteiger charge is 2.34. The lowest BCUT2D eigenvalue weighted by Gasteiger charge is -2.44. The molecule has 1 aliphatic heterocycles. The van der Waals surface area contributed by atoms with Gasteiger partial charge in [-0.05, 0) is 35.7 Å². The molecule has 0 aliphatic carbocycles. The molecule has 1 aromatic heterocycles. The predicted octanol–water partition coefficient (Wildman–Crippen LogP) is 3.35. The van der Waals surface area contributed by atoms with Crippen molar-refractivity contribution in [2.24, 2.45) is 5.73 Å². The molecule has 18 heavy (non-hydrogen) atoms. The summed E-state index contributed by atoms with van der Waals surface area (Å²) in [5.41, 5.74) is 7.81. The Bertz CT molecular complexity index is 353. The minimum atomic E-state index is 0.234. The van der Waals surface area contributed by atoms with E-state index in [4.69, 9.17) is 5.73 Å². The van der Waals surface area contributed by atoms with Crippen LogP contribution in [0, 0.1) is 0 Å². The van der Waals surface area contributed by atoms with E-state index in [9.17, 15) is 0 Å². The topological polar surface area (TPSA) is 29.3 Å². The minimum Gasteiger partial charge on any atom is -0.326 e. The highest BCUT2D eigenvalue weighted by Crippen LogP contribution is 2.34. The van der Waals surface area contributed by atoms with Gasteiger partial charge in [0.1, 0.15) is 0 Å². The molecule has 1 saturated heterocycles.